The number of ether oxygens (including phenoxy) is 1. The summed E-state index contributed by atoms with van der Waals surface area (Å²) in [7, 11) is 1.55. The number of carbonyl (C=O) groups is 1. The van der Waals surface area contributed by atoms with E-state index in [2.05, 4.69) is 16.5 Å². The standard InChI is InChI=1S/C14H20N2O2S/c1-18-13(11-5-3-2-4-6-11)8-10-19-9-7-12(15)14(17)16-19/h2-6,12-13H,7-10,15H2,1H3. The predicted molar refractivity (Wildman–Crippen MR) is 77.9 cm³/mol. The second kappa shape index (κ2) is 6.93. The highest BCUT2D eigenvalue weighted by atomic mass is 32.2. The number of nitrogens with zero attached hydrogens (tertiary/aromatic N) is 1. The SMILES string of the molecule is COC(CCS1=NC(=O)C(N)CC1)c1ccccc1. The maximum absolute atomic E-state index is 11.5. The molecule has 1 amide bonds. The minimum atomic E-state index is -0.379. The molecule has 104 valence electrons. The molecule has 4 nitrogen and oxygen atoms in total. The van der Waals surface area contributed by atoms with Crippen molar-refractivity contribution in [1.82, 2.24) is 0 Å². The van der Waals surface area contributed by atoms with Gasteiger partial charge in [0.15, 0.2) is 0 Å². The van der Waals surface area contributed by atoms with Gasteiger partial charge in [0.25, 0.3) is 5.91 Å². The highest BCUT2D eigenvalue weighted by Crippen LogP contribution is 2.21. The van der Waals surface area contributed by atoms with Gasteiger partial charge >= 0.3 is 0 Å². The van der Waals surface area contributed by atoms with Gasteiger partial charge in [-0.25, -0.2) is 0 Å². The van der Waals surface area contributed by atoms with Crippen molar-refractivity contribution in [1.29, 1.82) is 0 Å². The van der Waals surface area contributed by atoms with Gasteiger partial charge in [-0.1, -0.05) is 41.0 Å². The van der Waals surface area contributed by atoms with Crippen molar-refractivity contribution in [2.75, 3.05) is 18.6 Å². The summed E-state index contributed by atoms with van der Waals surface area (Å²) in [4.78, 5) is 11.5. The quantitative estimate of drug-likeness (QED) is 0.895. The van der Waals surface area contributed by atoms with E-state index >= 15 is 0 Å². The number of benzene rings is 1. The minimum absolute atomic E-state index is 0.0783. The van der Waals surface area contributed by atoms with Crippen LogP contribution in [0.4, 0.5) is 0 Å². The monoisotopic (exact) mass is 280 g/mol. The van der Waals surface area contributed by atoms with Crippen LogP contribution < -0.4 is 5.73 Å². The normalized spacial score (nSPS) is 24.8. The molecule has 1 aromatic carbocycles. The molecule has 0 spiro atoms. The Morgan fingerprint density at radius 1 is 1.47 bits per heavy atom. The highest BCUT2D eigenvalue weighted by molar-refractivity contribution is 7.87. The van der Waals surface area contributed by atoms with Crippen LogP contribution in [0.3, 0.4) is 0 Å². The Labute approximate surface area is 116 Å². The third kappa shape index (κ3) is 3.96. The second-order valence-corrected chi connectivity index (χ2v) is 6.54. The number of rotatable bonds is 5. The van der Waals surface area contributed by atoms with Crippen LogP contribution in [-0.2, 0) is 20.2 Å². The number of hydrogen-bond donors (Lipinski definition) is 1. The van der Waals surface area contributed by atoms with Crippen molar-refractivity contribution in [3.8, 4) is 0 Å². The lowest BCUT2D eigenvalue weighted by Gasteiger charge is -2.20. The summed E-state index contributed by atoms with van der Waals surface area (Å²) in [5.41, 5.74) is 6.82. The second-order valence-electron chi connectivity index (χ2n) is 4.62. The van der Waals surface area contributed by atoms with Gasteiger partial charge in [0.1, 0.15) is 0 Å². The molecule has 0 fully saturated rings. The van der Waals surface area contributed by atoms with Gasteiger partial charge in [-0.15, -0.1) is 0 Å². The Hall–Kier alpha value is -1.04. The zero-order valence-electron chi connectivity index (χ0n) is 11.1. The van der Waals surface area contributed by atoms with Gasteiger partial charge in [-0.2, -0.15) is 4.36 Å². The fourth-order valence-corrected chi connectivity index (χ4v) is 3.89. The van der Waals surface area contributed by atoms with Crippen molar-refractivity contribution in [2.45, 2.75) is 25.0 Å². The van der Waals surface area contributed by atoms with E-state index in [4.69, 9.17) is 10.5 Å². The van der Waals surface area contributed by atoms with Crippen molar-refractivity contribution >= 4 is 16.6 Å². The van der Waals surface area contributed by atoms with E-state index in [-0.39, 0.29) is 28.7 Å². The molecule has 1 aromatic rings. The minimum Gasteiger partial charge on any atom is -0.377 e. The molecule has 0 radical (unpaired) electrons. The van der Waals surface area contributed by atoms with E-state index in [9.17, 15) is 4.79 Å². The molecule has 0 bridgehead atoms. The largest absolute Gasteiger partial charge is 0.377 e. The first kappa shape index (κ1) is 14.4. The van der Waals surface area contributed by atoms with Crippen LogP contribution in [0.25, 0.3) is 0 Å². The fraction of sp³-hybridized carbons (Fsp3) is 0.500. The zero-order chi connectivity index (χ0) is 13.7. The van der Waals surface area contributed by atoms with Crippen molar-refractivity contribution in [2.24, 2.45) is 10.1 Å². The van der Waals surface area contributed by atoms with Crippen LogP contribution in [0.1, 0.15) is 24.5 Å². The Balaban J connectivity index is 1.94. The lowest BCUT2D eigenvalue weighted by Crippen LogP contribution is -2.35. The molecule has 5 heteroatoms. The average molecular weight is 280 g/mol. The molecule has 1 aliphatic heterocycles. The smallest absolute Gasteiger partial charge is 0.268 e. The summed E-state index contributed by atoms with van der Waals surface area (Å²) < 4.78 is 9.70. The van der Waals surface area contributed by atoms with Gasteiger partial charge in [0.2, 0.25) is 0 Å². The van der Waals surface area contributed by atoms with E-state index in [0.29, 0.717) is 0 Å². The topological polar surface area (TPSA) is 64.7 Å². The van der Waals surface area contributed by atoms with Gasteiger partial charge < -0.3 is 10.5 Å². The Morgan fingerprint density at radius 2 is 2.21 bits per heavy atom. The average Bonchev–Trinajstić information content (AvgIpc) is 2.44. The summed E-state index contributed by atoms with van der Waals surface area (Å²) in [6.45, 7) is 0. The van der Waals surface area contributed by atoms with Crippen molar-refractivity contribution in [3.63, 3.8) is 0 Å². The molecule has 0 saturated heterocycles. The molecule has 3 unspecified atom stereocenters. The molecular weight excluding hydrogens is 260 g/mol. The molecule has 1 heterocycles. The lowest BCUT2D eigenvalue weighted by atomic mass is 10.1. The van der Waals surface area contributed by atoms with Crippen LogP contribution in [0.5, 0.6) is 0 Å². The maximum atomic E-state index is 11.5. The van der Waals surface area contributed by atoms with Gasteiger partial charge in [-0.3, -0.25) is 4.79 Å². The van der Waals surface area contributed by atoms with E-state index in [1.165, 1.54) is 5.56 Å². The van der Waals surface area contributed by atoms with Crippen LogP contribution >= 0.6 is 0 Å². The Morgan fingerprint density at radius 3 is 2.84 bits per heavy atom. The van der Waals surface area contributed by atoms with Gasteiger partial charge in [0, 0.05) is 18.6 Å². The van der Waals surface area contributed by atoms with Crippen LogP contribution in [0, 0.1) is 0 Å². The predicted octanol–water partition coefficient (Wildman–Crippen LogP) is 1.82. The number of nitrogens with two attached hydrogens (primary N) is 1. The number of methoxy groups -OCH3 is 1. The van der Waals surface area contributed by atoms with Gasteiger partial charge in [0.05, 0.1) is 12.1 Å². The summed E-state index contributed by atoms with van der Waals surface area (Å²) in [6.07, 6.45) is 1.72. The zero-order valence-corrected chi connectivity index (χ0v) is 11.9. The summed E-state index contributed by atoms with van der Waals surface area (Å²) >= 11 is 0. The maximum Gasteiger partial charge on any atom is 0.268 e. The molecule has 2 rings (SSSR count). The third-order valence-corrected chi connectivity index (χ3v) is 5.12. The van der Waals surface area contributed by atoms with Crippen LogP contribution in [-0.4, -0.2) is 30.6 Å². The molecule has 0 aliphatic carbocycles. The number of amides is 1. The molecule has 3 atom stereocenters. The van der Waals surface area contributed by atoms with E-state index in [1.807, 2.05) is 18.2 Å². The number of hydrogen-bond acceptors (Lipinski definition) is 3. The Bertz CT molecular complexity index is 462. The van der Waals surface area contributed by atoms with E-state index < -0.39 is 0 Å². The molecule has 19 heavy (non-hydrogen) atoms. The van der Waals surface area contributed by atoms with Crippen molar-refractivity contribution < 1.29 is 9.53 Å². The summed E-state index contributed by atoms with van der Waals surface area (Å²) in [5.74, 6) is 1.69. The molecule has 1 aliphatic rings. The summed E-state index contributed by atoms with van der Waals surface area (Å²) in [5, 5.41) is 0. The number of carbonyl (C=O) groups excluding carboxylic acids is 1. The lowest BCUT2D eigenvalue weighted by molar-refractivity contribution is -0.119. The van der Waals surface area contributed by atoms with E-state index in [0.717, 1.165) is 24.3 Å². The van der Waals surface area contributed by atoms with Crippen molar-refractivity contribution in [3.05, 3.63) is 35.9 Å². The van der Waals surface area contributed by atoms with Crippen LogP contribution in [0.2, 0.25) is 0 Å². The molecule has 0 aromatic heterocycles. The van der Waals surface area contributed by atoms with Gasteiger partial charge in [-0.05, 0) is 18.4 Å². The van der Waals surface area contributed by atoms with E-state index in [1.54, 1.807) is 7.11 Å². The first-order valence-corrected chi connectivity index (χ1v) is 7.99. The molecular formula is C14H20N2O2S. The Kier molecular flexibility index (Phi) is 5.24. The third-order valence-electron chi connectivity index (χ3n) is 3.27. The first-order valence-electron chi connectivity index (χ1n) is 6.47. The summed E-state index contributed by atoms with van der Waals surface area (Å²) in [6, 6.07) is 9.77. The molecule has 2 N–H and O–H groups in total. The first-order chi connectivity index (χ1) is 9.20. The van der Waals surface area contributed by atoms with Crippen LogP contribution in [0.15, 0.2) is 34.7 Å². The fourth-order valence-electron chi connectivity index (χ4n) is 2.11. The molecule has 0 saturated carbocycles. The highest BCUT2D eigenvalue weighted by Gasteiger charge is 2.20.